The monoisotopic (exact) mass is 596 g/mol. The van der Waals surface area contributed by atoms with Gasteiger partial charge in [0.25, 0.3) is 5.91 Å². The Kier molecular flexibility index (Phi) is 8.01. The molecule has 0 aromatic carbocycles. The van der Waals surface area contributed by atoms with Crippen LogP contribution in [0.15, 0.2) is 22.5 Å². The number of allylic oxidation sites excluding steroid dienone is 1. The molecule has 2 aromatic rings. The third kappa shape index (κ3) is 5.56. The zero-order chi connectivity index (χ0) is 27.6. The largest absolute Gasteiger partial charge is 0.481 e. The molecule has 3 unspecified atom stereocenters. The Morgan fingerprint density at radius 3 is 2.95 bits per heavy atom. The van der Waals surface area contributed by atoms with Crippen LogP contribution in [-0.4, -0.2) is 110 Å². The number of anilines is 1. The summed E-state index contributed by atoms with van der Waals surface area (Å²) in [6, 6.07) is -0.883. The Bertz CT molecular complexity index is 1320. The number of rotatable bonds is 11. The molecular weight excluding hydrogens is 572 g/mol. The molecule has 3 aliphatic rings. The number of oxime groups is 1. The summed E-state index contributed by atoms with van der Waals surface area (Å²) in [5, 5.41) is 37.2. The number of nitrogens with one attached hydrogen (secondary N) is 1. The number of carbonyl (C=O) groups is 3. The van der Waals surface area contributed by atoms with E-state index in [0.29, 0.717) is 5.16 Å². The highest BCUT2D eigenvalue weighted by atomic mass is 32.2. The Morgan fingerprint density at radius 1 is 1.41 bits per heavy atom. The van der Waals surface area contributed by atoms with Gasteiger partial charge in [-0.05, 0) is 29.3 Å². The van der Waals surface area contributed by atoms with E-state index in [1.165, 1.54) is 21.3 Å². The Morgan fingerprint density at radius 2 is 2.26 bits per heavy atom. The quantitative estimate of drug-likeness (QED) is 0.0786. The van der Waals surface area contributed by atoms with E-state index in [0.717, 1.165) is 36.1 Å². The molecule has 5 rings (SSSR count). The van der Waals surface area contributed by atoms with Gasteiger partial charge in [-0.2, -0.15) is 9.36 Å². The number of tetrazole rings is 1. The fraction of sp³-hybridized carbons (Fsp3) is 0.550. The molecule has 19 heteroatoms. The first-order valence-corrected chi connectivity index (χ1v) is 14.6. The van der Waals surface area contributed by atoms with Crippen LogP contribution in [0.5, 0.6) is 0 Å². The molecule has 0 radical (unpaired) electrons. The molecule has 0 spiro atoms. The Hall–Kier alpha value is -3.29. The van der Waals surface area contributed by atoms with E-state index in [9.17, 15) is 19.5 Å². The Balaban J connectivity index is 1.25. The first kappa shape index (κ1) is 27.3. The van der Waals surface area contributed by atoms with Crippen LogP contribution in [0.4, 0.5) is 5.13 Å². The first-order valence-electron chi connectivity index (χ1n) is 11.8. The number of fused-ring (bicyclic) bond motifs is 1. The molecule has 2 aromatic heterocycles. The van der Waals surface area contributed by atoms with E-state index < -0.39 is 34.6 Å². The van der Waals surface area contributed by atoms with E-state index in [-0.39, 0.29) is 54.0 Å². The van der Waals surface area contributed by atoms with Crippen molar-refractivity contribution in [3.8, 4) is 0 Å². The topological polar surface area (TPSA) is 224 Å². The molecule has 2 aliphatic heterocycles. The average molecular weight is 597 g/mol. The average Bonchev–Trinajstić information content (AvgIpc) is 3.69. The lowest BCUT2D eigenvalue weighted by atomic mass is 9.89. The van der Waals surface area contributed by atoms with Gasteiger partial charge in [-0.15, -0.1) is 16.9 Å². The Labute approximate surface area is 233 Å². The molecule has 0 bridgehead atoms. The van der Waals surface area contributed by atoms with E-state index in [1.54, 1.807) is 0 Å². The van der Waals surface area contributed by atoms with Crippen molar-refractivity contribution in [2.45, 2.75) is 42.1 Å². The minimum absolute atomic E-state index is 0.0117. The van der Waals surface area contributed by atoms with Gasteiger partial charge < -0.3 is 31.0 Å². The summed E-state index contributed by atoms with van der Waals surface area (Å²) in [5.41, 5.74) is 4.22. The number of hydrogen-bond donors (Lipinski definition) is 4. The molecule has 208 valence electrons. The number of aliphatic hydroxyl groups excluding tert-OH is 1. The van der Waals surface area contributed by atoms with Crippen LogP contribution < -0.4 is 11.1 Å². The summed E-state index contributed by atoms with van der Waals surface area (Å²) in [5.74, 6) is -1.87. The molecule has 2 saturated heterocycles. The van der Waals surface area contributed by atoms with Gasteiger partial charge in [0.15, 0.2) is 5.13 Å². The number of carboxylic acids is 1. The van der Waals surface area contributed by atoms with Crippen molar-refractivity contribution in [2.75, 3.05) is 30.4 Å². The van der Waals surface area contributed by atoms with Crippen LogP contribution in [0.25, 0.3) is 0 Å². The van der Waals surface area contributed by atoms with Crippen LogP contribution in [0, 0.1) is 5.41 Å². The van der Waals surface area contributed by atoms with E-state index in [2.05, 4.69) is 35.4 Å². The van der Waals surface area contributed by atoms with Gasteiger partial charge in [0, 0.05) is 29.6 Å². The molecule has 2 amide bonds. The van der Waals surface area contributed by atoms with Crippen molar-refractivity contribution >= 4 is 63.7 Å². The molecule has 4 atom stereocenters. The highest BCUT2D eigenvalue weighted by Gasteiger charge is 2.57. The molecule has 5 N–H and O–H groups in total. The van der Waals surface area contributed by atoms with Gasteiger partial charge in [0.1, 0.15) is 22.9 Å². The zero-order valence-corrected chi connectivity index (χ0v) is 22.7. The molecule has 2 fully saturated rings. The maximum atomic E-state index is 13.2. The second-order valence-corrected chi connectivity index (χ2v) is 11.8. The highest BCUT2D eigenvalue weighted by molar-refractivity contribution is 8.00. The summed E-state index contributed by atoms with van der Waals surface area (Å²) in [4.78, 5) is 49.5. The second-order valence-electron chi connectivity index (χ2n) is 8.95. The first-order chi connectivity index (χ1) is 18.8. The number of β-lactam (4-membered cyclic amide) rings is 1. The van der Waals surface area contributed by atoms with Crippen LogP contribution in [0.3, 0.4) is 0 Å². The molecular formula is C20H24N10O6S3. The van der Waals surface area contributed by atoms with Crippen molar-refractivity contribution in [2.24, 2.45) is 10.6 Å². The van der Waals surface area contributed by atoms with Gasteiger partial charge in [0.05, 0.1) is 13.2 Å². The van der Waals surface area contributed by atoms with Gasteiger partial charge in [-0.3, -0.25) is 14.4 Å². The van der Waals surface area contributed by atoms with Crippen LogP contribution in [0.2, 0.25) is 0 Å². The predicted molar refractivity (Wildman–Crippen MR) is 140 cm³/mol. The summed E-state index contributed by atoms with van der Waals surface area (Å²) in [7, 11) is 0. The standard InChI is InChI=1S/C20H24N10O6S3/c21-18-23-13(26-39-18)11(25-36-10-3-1-2-4-10)14(32)22-12-15(33)29-7-20(17(34)35,8-37-16(12)29)9-38-19-24-27-28-30(19)5-6-31/h1,3,10,12,16,31H,2,4-9H2,(H,22,32)(H,34,35)(H2,21,23,26)/t10?,12?,16-,20?/m1/s1. The van der Waals surface area contributed by atoms with Gasteiger partial charge in [-0.1, -0.05) is 23.0 Å². The number of aliphatic carboxylic acids is 1. The fourth-order valence-corrected chi connectivity index (χ4v) is 7.38. The third-order valence-corrected chi connectivity index (χ3v) is 9.67. The second kappa shape index (κ2) is 11.4. The maximum absolute atomic E-state index is 13.2. The zero-order valence-electron chi connectivity index (χ0n) is 20.2. The number of hydrogen-bond acceptors (Lipinski definition) is 15. The number of thioether (sulfide) groups is 2. The minimum atomic E-state index is -1.26. The minimum Gasteiger partial charge on any atom is -0.481 e. The van der Waals surface area contributed by atoms with Crippen molar-refractivity contribution in [3.63, 3.8) is 0 Å². The lowest BCUT2D eigenvalue weighted by molar-refractivity contribution is -0.157. The molecule has 16 nitrogen and oxygen atoms in total. The van der Waals surface area contributed by atoms with Gasteiger partial charge in [0.2, 0.25) is 22.6 Å². The normalized spacial score (nSPS) is 26.3. The van der Waals surface area contributed by atoms with Gasteiger partial charge >= 0.3 is 5.97 Å². The lowest BCUT2D eigenvalue weighted by Gasteiger charge is -2.53. The summed E-state index contributed by atoms with van der Waals surface area (Å²) in [6.45, 7) is -0.0331. The number of carbonyl (C=O) groups excluding carboxylic acids is 2. The lowest BCUT2D eigenvalue weighted by Crippen LogP contribution is -2.74. The van der Waals surface area contributed by atoms with Gasteiger partial charge in [-0.25, -0.2) is 4.68 Å². The number of aliphatic hydroxyl groups is 1. The molecule has 0 saturated carbocycles. The molecule has 39 heavy (non-hydrogen) atoms. The van der Waals surface area contributed by atoms with E-state index in [4.69, 9.17) is 15.7 Å². The SMILES string of the molecule is Nc1nc(C(=NOC2C=CCC2)C(=O)NC2C(=O)N3CC(CSc4nnnn4CCO)(C(=O)O)CS[C@H]23)ns1. The molecule has 4 heterocycles. The van der Waals surface area contributed by atoms with Crippen molar-refractivity contribution < 1.29 is 29.4 Å². The summed E-state index contributed by atoms with van der Waals surface area (Å²) < 4.78 is 5.43. The van der Waals surface area contributed by atoms with E-state index in [1.807, 2.05) is 12.2 Å². The van der Waals surface area contributed by atoms with Crippen molar-refractivity contribution in [3.05, 3.63) is 18.0 Å². The number of nitrogens with two attached hydrogens (primary N) is 1. The number of nitrogens with zero attached hydrogens (tertiary/aromatic N) is 8. The number of carboxylic acid groups (broad SMARTS) is 1. The number of amides is 2. The number of aromatic nitrogens is 6. The van der Waals surface area contributed by atoms with Crippen molar-refractivity contribution in [1.29, 1.82) is 0 Å². The maximum Gasteiger partial charge on any atom is 0.313 e. The fourth-order valence-electron chi connectivity index (χ4n) is 4.18. The van der Waals surface area contributed by atoms with Crippen molar-refractivity contribution in [1.82, 2.24) is 39.8 Å². The van der Waals surface area contributed by atoms with Crippen LogP contribution >= 0.6 is 35.1 Å². The highest BCUT2D eigenvalue weighted by Crippen LogP contribution is 2.44. The van der Waals surface area contributed by atoms with Crippen LogP contribution in [-0.2, 0) is 25.8 Å². The summed E-state index contributed by atoms with van der Waals surface area (Å²) in [6.07, 6.45) is 5.07. The van der Waals surface area contributed by atoms with Crippen LogP contribution in [0.1, 0.15) is 18.7 Å². The number of nitrogen functional groups attached to an aromatic ring is 1. The third-order valence-electron chi connectivity index (χ3n) is 6.29. The smallest absolute Gasteiger partial charge is 0.313 e. The summed E-state index contributed by atoms with van der Waals surface area (Å²) >= 11 is 3.31. The predicted octanol–water partition coefficient (Wildman–Crippen LogP) is -1.20. The molecule has 1 aliphatic carbocycles. The van der Waals surface area contributed by atoms with E-state index >= 15 is 0 Å².